The molecular weight excluding hydrogens is 336 g/mol. The van der Waals surface area contributed by atoms with E-state index < -0.39 is 6.10 Å². The van der Waals surface area contributed by atoms with Crippen molar-refractivity contribution in [2.75, 3.05) is 26.7 Å². The fourth-order valence-electron chi connectivity index (χ4n) is 3.72. The van der Waals surface area contributed by atoms with Crippen LogP contribution in [0.1, 0.15) is 30.2 Å². The van der Waals surface area contributed by atoms with Gasteiger partial charge in [-0.15, -0.1) is 11.3 Å². The van der Waals surface area contributed by atoms with Gasteiger partial charge in [-0.05, 0) is 37.8 Å². The van der Waals surface area contributed by atoms with Crippen LogP contribution in [-0.4, -0.2) is 54.8 Å². The van der Waals surface area contributed by atoms with E-state index in [1.54, 1.807) is 11.3 Å². The van der Waals surface area contributed by atoms with E-state index >= 15 is 0 Å². The Morgan fingerprint density at radius 1 is 1.70 bits per heavy atom. The summed E-state index contributed by atoms with van der Waals surface area (Å²) in [6.07, 6.45) is 1.66. The van der Waals surface area contributed by atoms with Crippen LogP contribution in [0.2, 0.25) is 4.34 Å². The molecule has 2 aliphatic heterocycles. The van der Waals surface area contributed by atoms with Crippen molar-refractivity contribution in [3.63, 3.8) is 0 Å². The van der Waals surface area contributed by atoms with Crippen LogP contribution in [0, 0.1) is 0 Å². The minimum absolute atomic E-state index is 0.231. The molecular formula is C16H23ClN2O3S. The number of ether oxygens (including phenoxy) is 1. The number of thiophene rings is 1. The summed E-state index contributed by atoms with van der Waals surface area (Å²) in [7, 11) is 1.54. The van der Waals surface area contributed by atoms with Gasteiger partial charge in [0, 0.05) is 31.1 Å². The SMILES string of the molecule is CNC(=O)C(O)CN1CC[C@]2(C[C@@H]1C)OCCc1cc(Cl)sc12. The van der Waals surface area contributed by atoms with Crippen LogP contribution >= 0.6 is 22.9 Å². The molecule has 23 heavy (non-hydrogen) atoms. The lowest BCUT2D eigenvalue weighted by Gasteiger charge is -2.47. The van der Waals surface area contributed by atoms with E-state index in [2.05, 4.69) is 23.2 Å². The highest BCUT2D eigenvalue weighted by Gasteiger charge is 2.45. The minimum Gasteiger partial charge on any atom is -0.382 e. The van der Waals surface area contributed by atoms with Gasteiger partial charge in [0.15, 0.2) is 0 Å². The molecule has 0 radical (unpaired) electrons. The first kappa shape index (κ1) is 17.2. The average Bonchev–Trinajstić information content (AvgIpc) is 2.91. The van der Waals surface area contributed by atoms with Crippen molar-refractivity contribution in [2.24, 2.45) is 0 Å². The molecule has 7 heteroatoms. The standard InChI is InChI=1S/C16H23ClN2O3S/c1-10-8-16(4-5-19(10)9-12(20)15(21)18-2)14-11(3-6-22-16)7-13(17)23-14/h7,10,12,20H,3-6,8-9H2,1-2H3,(H,18,21)/t10-,12?,16+/m0/s1. The quantitative estimate of drug-likeness (QED) is 0.864. The van der Waals surface area contributed by atoms with Gasteiger partial charge in [0.05, 0.1) is 10.9 Å². The topological polar surface area (TPSA) is 61.8 Å². The summed E-state index contributed by atoms with van der Waals surface area (Å²) in [5, 5.41) is 12.4. The molecule has 3 atom stereocenters. The normalized spacial score (nSPS) is 29.3. The van der Waals surface area contributed by atoms with Crippen molar-refractivity contribution in [2.45, 2.75) is 43.9 Å². The number of aliphatic hydroxyl groups is 1. The molecule has 1 spiro atoms. The molecule has 1 unspecified atom stereocenters. The number of hydrogen-bond acceptors (Lipinski definition) is 5. The number of likely N-dealkylation sites (N-methyl/N-ethyl adjacent to an activating group) is 1. The minimum atomic E-state index is -0.990. The first-order chi connectivity index (χ1) is 10.9. The fraction of sp³-hybridized carbons (Fsp3) is 0.688. The van der Waals surface area contributed by atoms with Crippen molar-refractivity contribution in [1.29, 1.82) is 0 Å². The van der Waals surface area contributed by atoms with Crippen LogP contribution in [0.5, 0.6) is 0 Å². The van der Waals surface area contributed by atoms with Crippen LogP contribution in [-0.2, 0) is 21.6 Å². The molecule has 2 N–H and O–H groups in total. The van der Waals surface area contributed by atoms with Gasteiger partial charge in [0.2, 0.25) is 5.91 Å². The number of likely N-dealkylation sites (tertiary alicyclic amines) is 1. The van der Waals surface area contributed by atoms with E-state index in [4.69, 9.17) is 16.3 Å². The maximum absolute atomic E-state index is 11.5. The molecule has 0 saturated carbocycles. The molecule has 1 aromatic rings. The third-order valence-corrected chi connectivity index (χ3v) is 6.44. The number of aliphatic hydroxyl groups excluding tert-OH is 1. The molecule has 0 aromatic carbocycles. The Balaban J connectivity index is 1.73. The van der Waals surface area contributed by atoms with E-state index in [-0.39, 0.29) is 17.6 Å². The van der Waals surface area contributed by atoms with Crippen molar-refractivity contribution in [3.8, 4) is 0 Å². The third-order valence-electron chi connectivity index (χ3n) is 4.95. The van der Waals surface area contributed by atoms with Crippen molar-refractivity contribution in [3.05, 3.63) is 20.8 Å². The zero-order chi connectivity index (χ0) is 16.6. The molecule has 1 saturated heterocycles. The molecule has 1 aromatic heterocycles. The second-order valence-corrected chi connectivity index (χ2v) is 8.11. The highest BCUT2D eigenvalue weighted by molar-refractivity contribution is 7.16. The lowest BCUT2D eigenvalue weighted by molar-refractivity contribution is -0.133. The van der Waals surface area contributed by atoms with Gasteiger partial charge < -0.3 is 15.2 Å². The van der Waals surface area contributed by atoms with Crippen molar-refractivity contribution < 1.29 is 14.6 Å². The number of hydrogen-bond donors (Lipinski definition) is 2. The number of carbonyl (C=O) groups is 1. The maximum atomic E-state index is 11.5. The second kappa shape index (κ2) is 6.69. The Labute approximate surface area is 145 Å². The van der Waals surface area contributed by atoms with E-state index in [0.29, 0.717) is 6.54 Å². The molecule has 2 aliphatic rings. The number of fused-ring (bicyclic) bond motifs is 2. The maximum Gasteiger partial charge on any atom is 0.249 e. The summed E-state index contributed by atoms with van der Waals surface area (Å²) in [5.74, 6) is -0.335. The first-order valence-electron chi connectivity index (χ1n) is 8.01. The predicted molar refractivity (Wildman–Crippen MR) is 91.0 cm³/mol. The highest BCUT2D eigenvalue weighted by Crippen LogP contribution is 2.47. The summed E-state index contributed by atoms with van der Waals surface area (Å²) in [6.45, 7) is 4.01. The summed E-state index contributed by atoms with van der Waals surface area (Å²) in [4.78, 5) is 15.0. The molecule has 1 fully saturated rings. The Morgan fingerprint density at radius 3 is 3.17 bits per heavy atom. The summed E-state index contributed by atoms with van der Waals surface area (Å²) in [6, 6.07) is 2.30. The number of carbonyl (C=O) groups excluding carboxylic acids is 1. The lowest BCUT2D eigenvalue weighted by Crippen LogP contribution is -2.53. The van der Waals surface area contributed by atoms with Crippen LogP contribution in [0.3, 0.4) is 0 Å². The van der Waals surface area contributed by atoms with Gasteiger partial charge in [-0.3, -0.25) is 9.69 Å². The van der Waals surface area contributed by atoms with Crippen LogP contribution in [0.15, 0.2) is 6.07 Å². The summed E-state index contributed by atoms with van der Waals surface area (Å²) >= 11 is 7.84. The second-order valence-electron chi connectivity index (χ2n) is 6.43. The lowest BCUT2D eigenvalue weighted by atomic mass is 9.82. The third kappa shape index (κ3) is 3.28. The molecule has 3 rings (SSSR count). The number of nitrogens with zero attached hydrogens (tertiary/aromatic N) is 1. The Hall–Kier alpha value is -0.660. The molecule has 1 amide bonds. The average molecular weight is 359 g/mol. The number of rotatable bonds is 3. The van der Waals surface area contributed by atoms with E-state index in [9.17, 15) is 9.90 Å². The van der Waals surface area contributed by atoms with E-state index in [0.717, 1.165) is 36.8 Å². The van der Waals surface area contributed by atoms with Crippen LogP contribution in [0.4, 0.5) is 0 Å². The van der Waals surface area contributed by atoms with Crippen molar-refractivity contribution in [1.82, 2.24) is 10.2 Å². The monoisotopic (exact) mass is 358 g/mol. The summed E-state index contributed by atoms with van der Waals surface area (Å²) < 4.78 is 7.05. The van der Waals surface area contributed by atoms with Crippen molar-refractivity contribution >= 4 is 28.8 Å². The van der Waals surface area contributed by atoms with Crippen LogP contribution in [0.25, 0.3) is 0 Å². The first-order valence-corrected chi connectivity index (χ1v) is 9.21. The van der Waals surface area contributed by atoms with Gasteiger partial charge in [0.1, 0.15) is 11.7 Å². The van der Waals surface area contributed by atoms with Gasteiger partial charge in [0.25, 0.3) is 0 Å². The zero-order valence-corrected chi connectivity index (χ0v) is 15.0. The Kier molecular flexibility index (Phi) is 4.99. The number of piperidine rings is 1. The number of β-amino-alcohol motifs (C(OH)–C–C–N with tert-alkyl or cyclic N) is 1. The zero-order valence-electron chi connectivity index (χ0n) is 13.5. The smallest absolute Gasteiger partial charge is 0.249 e. The fourth-order valence-corrected chi connectivity index (χ4v) is 5.20. The molecule has 0 aliphatic carbocycles. The number of nitrogens with one attached hydrogen (secondary N) is 1. The number of halogens is 1. The molecule has 5 nitrogen and oxygen atoms in total. The Morgan fingerprint density at radius 2 is 2.48 bits per heavy atom. The van der Waals surface area contributed by atoms with Gasteiger partial charge in [-0.2, -0.15) is 0 Å². The predicted octanol–water partition coefficient (Wildman–Crippen LogP) is 1.76. The Bertz CT molecular complexity index is 594. The van der Waals surface area contributed by atoms with E-state index in [1.807, 2.05) is 0 Å². The van der Waals surface area contributed by atoms with Crippen LogP contribution < -0.4 is 5.32 Å². The van der Waals surface area contributed by atoms with Gasteiger partial charge >= 0.3 is 0 Å². The highest BCUT2D eigenvalue weighted by atomic mass is 35.5. The largest absolute Gasteiger partial charge is 0.382 e. The molecule has 0 bridgehead atoms. The van der Waals surface area contributed by atoms with E-state index in [1.165, 1.54) is 17.5 Å². The number of amides is 1. The van der Waals surface area contributed by atoms with Gasteiger partial charge in [-0.25, -0.2) is 0 Å². The van der Waals surface area contributed by atoms with Gasteiger partial charge in [-0.1, -0.05) is 11.6 Å². The molecule has 128 valence electrons. The summed E-state index contributed by atoms with van der Waals surface area (Å²) in [5.41, 5.74) is 1.07. The molecule has 3 heterocycles.